The molecule has 0 amide bonds. The molecule has 5 heteroatoms. The maximum atomic E-state index is 11.4. The second-order valence-corrected chi connectivity index (χ2v) is 4.84. The number of aromatic hydroxyl groups is 1. The predicted molar refractivity (Wildman–Crippen MR) is 72.1 cm³/mol. The van der Waals surface area contributed by atoms with Crippen LogP contribution in [0.3, 0.4) is 0 Å². The lowest BCUT2D eigenvalue weighted by Crippen LogP contribution is -2.01. The van der Waals surface area contributed by atoms with Crippen molar-refractivity contribution in [3.05, 3.63) is 45.6 Å². The number of Topliss-reactive ketones (excluding diaryl/α,β-unsaturated/α-hetero) is 1. The van der Waals surface area contributed by atoms with Crippen LogP contribution in [-0.2, 0) is 6.61 Å². The summed E-state index contributed by atoms with van der Waals surface area (Å²) >= 11 is 1.36. The van der Waals surface area contributed by atoms with Crippen molar-refractivity contribution in [3.63, 3.8) is 0 Å². The topological polar surface area (TPSA) is 63.6 Å². The summed E-state index contributed by atoms with van der Waals surface area (Å²) in [6.45, 7) is 1.68. The van der Waals surface area contributed by atoms with Crippen molar-refractivity contribution in [2.75, 3.05) is 0 Å². The van der Waals surface area contributed by atoms with Gasteiger partial charge >= 0.3 is 0 Å². The van der Waals surface area contributed by atoms with E-state index in [0.717, 1.165) is 5.56 Å². The molecule has 4 nitrogen and oxygen atoms in total. The van der Waals surface area contributed by atoms with Crippen molar-refractivity contribution in [1.29, 1.82) is 0 Å². The van der Waals surface area contributed by atoms with Gasteiger partial charge in [-0.15, -0.1) is 11.3 Å². The molecule has 0 aliphatic heterocycles. The van der Waals surface area contributed by atoms with Gasteiger partial charge in [-0.1, -0.05) is 6.07 Å². The number of phenols is 1. The van der Waals surface area contributed by atoms with Crippen LogP contribution in [0.5, 0.6) is 11.5 Å². The molecule has 0 unspecified atom stereocenters. The van der Waals surface area contributed by atoms with Crippen LogP contribution in [0.25, 0.3) is 0 Å². The van der Waals surface area contributed by atoms with Crippen molar-refractivity contribution < 1.29 is 19.4 Å². The number of carbonyl (C=O) groups excluding carboxylic acids is 2. The summed E-state index contributed by atoms with van der Waals surface area (Å²) in [7, 11) is 0. The lowest BCUT2D eigenvalue weighted by Gasteiger charge is -2.09. The van der Waals surface area contributed by atoms with Gasteiger partial charge in [-0.3, -0.25) is 9.59 Å². The standard InChI is InChI=1S/C14H12O4S/c1-9(16)14-10(5-6-19-14)8-18-13-4-2-3-12(17)11(13)7-15/h2-7,17H,8H2,1H3. The van der Waals surface area contributed by atoms with Crippen molar-refractivity contribution in [1.82, 2.24) is 0 Å². The van der Waals surface area contributed by atoms with E-state index >= 15 is 0 Å². The molecule has 1 aromatic carbocycles. The Hall–Kier alpha value is -2.14. The van der Waals surface area contributed by atoms with Crippen molar-refractivity contribution in [2.24, 2.45) is 0 Å². The summed E-state index contributed by atoms with van der Waals surface area (Å²) in [5, 5.41) is 11.3. The molecule has 98 valence electrons. The molecule has 1 N–H and O–H groups in total. The fourth-order valence-corrected chi connectivity index (χ4v) is 2.50. The first-order chi connectivity index (χ1) is 9.13. The van der Waals surface area contributed by atoms with Gasteiger partial charge in [0, 0.05) is 5.56 Å². The van der Waals surface area contributed by atoms with Crippen LogP contribution in [0.4, 0.5) is 0 Å². The van der Waals surface area contributed by atoms with Gasteiger partial charge in [-0.2, -0.15) is 0 Å². The number of benzene rings is 1. The van der Waals surface area contributed by atoms with Gasteiger partial charge < -0.3 is 9.84 Å². The van der Waals surface area contributed by atoms with E-state index < -0.39 is 0 Å². The molecule has 0 radical (unpaired) electrons. The second kappa shape index (κ2) is 5.67. The molecule has 2 rings (SSSR count). The second-order valence-electron chi connectivity index (χ2n) is 3.93. The first kappa shape index (κ1) is 13.3. The van der Waals surface area contributed by atoms with Crippen LogP contribution in [-0.4, -0.2) is 17.2 Å². The summed E-state index contributed by atoms with van der Waals surface area (Å²) in [4.78, 5) is 22.9. The minimum absolute atomic E-state index is 0.0138. The third-order valence-corrected chi connectivity index (χ3v) is 3.67. The number of hydrogen-bond donors (Lipinski definition) is 1. The Kier molecular flexibility index (Phi) is 3.97. The monoisotopic (exact) mass is 276 g/mol. The summed E-state index contributed by atoms with van der Waals surface area (Å²) in [5.41, 5.74) is 0.889. The maximum absolute atomic E-state index is 11.4. The summed E-state index contributed by atoms with van der Waals surface area (Å²) in [6, 6.07) is 6.42. The number of aldehydes is 1. The van der Waals surface area contributed by atoms with Gasteiger partial charge in [0.05, 0.1) is 10.4 Å². The zero-order chi connectivity index (χ0) is 13.8. The molecule has 0 bridgehead atoms. The van der Waals surface area contributed by atoms with E-state index in [1.165, 1.54) is 24.3 Å². The number of rotatable bonds is 5. The average Bonchev–Trinajstić information content (AvgIpc) is 2.84. The van der Waals surface area contributed by atoms with Gasteiger partial charge in [0.1, 0.15) is 18.1 Å². The Labute approximate surface area is 114 Å². The van der Waals surface area contributed by atoms with E-state index in [0.29, 0.717) is 16.9 Å². The highest BCUT2D eigenvalue weighted by Gasteiger charge is 2.12. The third-order valence-electron chi connectivity index (χ3n) is 2.61. The Balaban J connectivity index is 2.19. The highest BCUT2D eigenvalue weighted by atomic mass is 32.1. The lowest BCUT2D eigenvalue weighted by atomic mass is 10.2. The van der Waals surface area contributed by atoms with E-state index in [1.54, 1.807) is 12.1 Å². The fourth-order valence-electron chi connectivity index (χ4n) is 1.69. The van der Waals surface area contributed by atoms with Crippen LogP contribution in [0.15, 0.2) is 29.6 Å². The lowest BCUT2D eigenvalue weighted by molar-refractivity contribution is 0.101. The minimum Gasteiger partial charge on any atom is -0.507 e. The number of ketones is 1. The molecule has 0 aliphatic carbocycles. The first-order valence-corrected chi connectivity index (χ1v) is 6.48. The van der Waals surface area contributed by atoms with Crippen molar-refractivity contribution in [2.45, 2.75) is 13.5 Å². The van der Waals surface area contributed by atoms with Crippen molar-refractivity contribution >= 4 is 23.4 Å². The number of hydrogen-bond acceptors (Lipinski definition) is 5. The molecular weight excluding hydrogens is 264 g/mol. The number of ether oxygens (including phenoxy) is 1. The van der Waals surface area contributed by atoms with Gasteiger partial charge in [0.2, 0.25) is 0 Å². The molecule has 2 aromatic rings. The van der Waals surface area contributed by atoms with E-state index in [1.807, 2.05) is 11.4 Å². The van der Waals surface area contributed by atoms with Gasteiger partial charge in [0.25, 0.3) is 0 Å². The zero-order valence-corrected chi connectivity index (χ0v) is 11.1. The molecule has 1 heterocycles. The van der Waals surface area contributed by atoms with Crippen molar-refractivity contribution in [3.8, 4) is 11.5 Å². The maximum Gasteiger partial charge on any atom is 0.170 e. The molecule has 0 fully saturated rings. The quantitative estimate of drug-likeness (QED) is 0.673. The molecule has 19 heavy (non-hydrogen) atoms. The summed E-state index contributed by atoms with van der Waals surface area (Å²) in [6.07, 6.45) is 0.546. The Bertz CT molecular complexity index is 616. The van der Waals surface area contributed by atoms with E-state index in [2.05, 4.69) is 0 Å². The van der Waals surface area contributed by atoms with Gasteiger partial charge in [-0.05, 0) is 30.5 Å². The average molecular weight is 276 g/mol. The van der Waals surface area contributed by atoms with E-state index in [4.69, 9.17) is 4.74 Å². The smallest absolute Gasteiger partial charge is 0.170 e. The SMILES string of the molecule is CC(=O)c1sccc1COc1cccc(O)c1C=O. The fraction of sp³-hybridized carbons (Fsp3) is 0.143. The Morgan fingerprint density at radius 3 is 2.89 bits per heavy atom. The molecular formula is C14H12O4S. The predicted octanol–water partition coefficient (Wildman–Crippen LogP) is 3.05. The highest BCUT2D eigenvalue weighted by molar-refractivity contribution is 7.12. The van der Waals surface area contributed by atoms with Crippen LogP contribution in [0, 0.1) is 0 Å². The highest BCUT2D eigenvalue weighted by Crippen LogP contribution is 2.27. The van der Waals surface area contributed by atoms with Gasteiger partial charge in [-0.25, -0.2) is 0 Å². The largest absolute Gasteiger partial charge is 0.507 e. The normalized spacial score (nSPS) is 10.2. The first-order valence-electron chi connectivity index (χ1n) is 5.60. The summed E-state index contributed by atoms with van der Waals surface area (Å²) in [5.74, 6) is 0.167. The third kappa shape index (κ3) is 2.82. The molecule has 0 saturated heterocycles. The summed E-state index contributed by atoms with van der Waals surface area (Å²) < 4.78 is 5.51. The van der Waals surface area contributed by atoms with E-state index in [-0.39, 0.29) is 23.7 Å². The Morgan fingerprint density at radius 2 is 2.21 bits per heavy atom. The van der Waals surface area contributed by atoms with Crippen LogP contribution >= 0.6 is 11.3 Å². The zero-order valence-electron chi connectivity index (χ0n) is 10.3. The van der Waals surface area contributed by atoms with Gasteiger partial charge in [0.15, 0.2) is 12.1 Å². The number of phenolic OH excluding ortho intramolecular Hbond substituents is 1. The van der Waals surface area contributed by atoms with Crippen LogP contribution < -0.4 is 4.74 Å². The van der Waals surface area contributed by atoms with E-state index in [9.17, 15) is 14.7 Å². The number of carbonyl (C=O) groups is 2. The molecule has 1 aromatic heterocycles. The minimum atomic E-state index is -0.121. The number of thiophene rings is 1. The molecule has 0 aliphatic rings. The Morgan fingerprint density at radius 1 is 1.42 bits per heavy atom. The van der Waals surface area contributed by atoms with Crippen LogP contribution in [0.1, 0.15) is 32.5 Å². The molecule has 0 atom stereocenters. The van der Waals surface area contributed by atoms with Crippen LogP contribution in [0.2, 0.25) is 0 Å². The molecule has 0 spiro atoms. The molecule has 0 saturated carbocycles.